The standard InChI is InChI=1S/C11H9F3O3/c1-6-4-9(17-11(13)14)8(12)5-7(6)2-3-10(15)16/h2-5,11H,1H3,(H,15,16)/b3-2+. The van der Waals surface area contributed by atoms with Crippen molar-refractivity contribution in [1.29, 1.82) is 0 Å². The van der Waals surface area contributed by atoms with Gasteiger partial charge in [-0.15, -0.1) is 0 Å². The van der Waals surface area contributed by atoms with E-state index in [1.54, 1.807) is 0 Å². The monoisotopic (exact) mass is 246 g/mol. The summed E-state index contributed by atoms with van der Waals surface area (Å²) >= 11 is 0. The van der Waals surface area contributed by atoms with Crippen LogP contribution in [0.25, 0.3) is 6.08 Å². The maximum atomic E-state index is 13.3. The van der Waals surface area contributed by atoms with Gasteiger partial charge in [-0.05, 0) is 36.3 Å². The SMILES string of the molecule is Cc1cc(OC(F)F)c(F)cc1/C=C/C(=O)O. The molecule has 0 saturated heterocycles. The predicted octanol–water partition coefficient (Wildman–Crippen LogP) is 2.83. The van der Waals surface area contributed by atoms with Crippen molar-refractivity contribution < 1.29 is 27.8 Å². The van der Waals surface area contributed by atoms with Crippen LogP contribution in [0.5, 0.6) is 5.75 Å². The lowest BCUT2D eigenvalue weighted by molar-refractivity contribution is -0.131. The van der Waals surface area contributed by atoms with Crippen LogP contribution in [0.3, 0.4) is 0 Å². The van der Waals surface area contributed by atoms with Crippen LogP contribution in [0.2, 0.25) is 0 Å². The largest absolute Gasteiger partial charge is 0.478 e. The van der Waals surface area contributed by atoms with E-state index in [1.807, 2.05) is 0 Å². The van der Waals surface area contributed by atoms with E-state index in [-0.39, 0.29) is 5.56 Å². The van der Waals surface area contributed by atoms with E-state index < -0.39 is 24.1 Å². The Kier molecular flexibility index (Phi) is 4.14. The summed E-state index contributed by atoms with van der Waals surface area (Å²) in [5.41, 5.74) is 0.714. The first-order valence-corrected chi connectivity index (χ1v) is 4.56. The van der Waals surface area contributed by atoms with Crippen molar-refractivity contribution in [2.45, 2.75) is 13.5 Å². The molecule has 1 rings (SSSR count). The van der Waals surface area contributed by atoms with Crippen molar-refractivity contribution in [1.82, 2.24) is 0 Å². The number of hydrogen-bond acceptors (Lipinski definition) is 2. The molecule has 1 aromatic rings. The van der Waals surface area contributed by atoms with Crippen molar-refractivity contribution in [3.63, 3.8) is 0 Å². The van der Waals surface area contributed by atoms with Gasteiger partial charge in [0.15, 0.2) is 11.6 Å². The number of halogens is 3. The number of carboxylic acids is 1. The van der Waals surface area contributed by atoms with Gasteiger partial charge in [-0.2, -0.15) is 8.78 Å². The molecule has 1 aromatic carbocycles. The number of alkyl halides is 2. The maximum absolute atomic E-state index is 13.3. The zero-order chi connectivity index (χ0) is 13.0. The van der Waals surface area contributed by atoms with E-state index >= 15 is 0 Å². The molecule has 0 heterocycles. The van der Waals surface area contributed by atoms with Crippen LogP contribution in [-0.2, 0) is 4.79 Å². The van der Waals surface area contributed by atoms with E-state index in [4.69, 9.17) is 5.11 Å². The average Bonchev–Trinajstić information content (AvgIpc) is 2.20. The molecule has 0 bridgehead atoms. The lowest BCUT2D eigenvalue weighted by atomic mass is 10.1. The summed E-state index contributed by atoms with van der Waals surface area (Å²) in [4.78, 5) is 10.3. The fourth-order valence-electron chi connectivity index (χ4n) is 1.20. The van der Waals surface area contributed by atoms with Gasteiger partial charge in [0.25, 0.3) is 0 Å². The van der Waals surface area contributed by atoms with E-state index in [9.17, 15) is 18.0 Å². The molecule has 0 unspecified atom stereocenters. The Morgan fingerprint density at radius 2 is 2.12 bits per heavy atom. The maximum Gasteiger partial charge on any atom is 0.387 e. The van der Waals surface area contributed by atoms with Gasteiger partial charge in [-0.25, -0.2) is 9.18 Å². The predicted molar refractivity (Wildman–Crippen MR) is 54.4 cm³/mol. The smallest absolute Gasteiger partial charge is 0.387 e. The number of ether oxygens (including phenoxy) is 1. The highest BCUT2D eigenvalue weighted by molar-refractivity contribution is 5.85. The van der Waals surface area contributed by atoms with Gasteiger partial charge >= 0.3 is 12.6 Å². The number of rotatable bonds is 4. The fourth-order valence-corrected chi connectivity index (χ4v) is 1.20. The summed E-state index contributed by atoms with van der Waals surface area (Å²) in [7, 11) is 0. The van der Waals surface area contributed by atoms with Crippen LogP contribution in [0.15, 0.2) is 18.2 Å². The molecule has 0 aliphatic rings. The van der Waals surface area contributed by atoms with Crippen LogP contribution in [0, 0.1) is 12.7 Å². The lowest BCUT2D eigenvalue weighted by Crippen LogP contribution is -2.04. The van der Waals surface area contributed by atoms with E-state index in [2.05, 4.69) is 4.74 Å². The summed E-state index contributed by atoms with van der Waals surface area (Å²) in [5, 5.41) is 8.40. The third kappa shape index (κ3) is 3.82. The van der Waals surface area contributed by atoms with Crippen LogP contribution >= 0.6 is 0 Å². The summed E-state index contributed by atoms with van der Waals surface area (Å²) in [6, 6.07) is 2.02. The van der Waals surface area contributed by atoms with Gasteiger partial charge in [0.05, 0.1) is 0 Å². The van der Waals surface area contributed by atoms with Crippen molar-refractivity contribution in [2.75, 3.05) is 0 Å². The third-order valence-corrected chi connectivity index (χ3v) is 1.94. The summed E-state index contributed by atoms with van der Waals surface area (Å²) in [6.07, 6.45) is 2.00. The van der Waals surface area contributed by atoms with Gasteiger partial charge in [-0.3, -0.25) is 0 Å². The minimum atomic E-state index is -3.11. The molecule has 0 radical (unpaired) electrons. The molecule has 0 saturated carbocycles. The van der Waals surface area contributed by atoms with E-state index in [0.717, 1.165) is 18.2 Å². The van der Waals surface area contributed by atoms with Gasteiger partial charge < -0.3 is 9.84 Å². The van der Waals surface area contributed by atoms with Crippen molar-refractivity contribution in [3.05, 3.63) is 35.2 Å². The zero-order valence-electron chi connectivity index (χ0n) is 8.78. The normalized spacial score (nSPS) is 11.1. The van der Waals surface area contributed by atoms with Crippen molar-refractivity contribution >= 4 is 12.0 Å². The summed E-state index contributed by atoms with van der Waals surface area (Å²) in [5.74, 6) is -2.72. The number of carbonyl (C=O) groups is 1. The Hall–Kier alpha value is -1.98. The quantitative estimate of drug-likeness (QED) is 0.831. The highest BCUT2D eigenvalue weighted by Gasteiger charge is 2.11. The Morgan fingerprint density at radius 3 is 2.65 bits per heavy atom. The molecule has 1 N–H and O–H groups in total. The molecule has 92 valence electrons. The third-order valence-electron chi connectivity index (χ3n) is 1.94. The van der Waals surface area contributed by atoms with Crippen LogP contribution in [0.1, 0.15) is 11.1 Å². The second-order valence-corrected chi connectivity index (χ2v) is 3.19. The molecule has 0 spiro atoms. The molecule has 17 heavy (non-hydrogen) atoms. The molecule has 0 aliphatic heterocycles. The number of aliphatic carboxylic acids is 1. The molecule has 6 heteroatoms. The second-order valence-electron chi connectivity index (χ2n) is 3.19. The zero-order valence-corrected chi connectivity index (χ0v) is 8.78. The Labute approximate surface area is 95.1 Å². The van der Waals surface area contributed by atoms with Gasteiger partial charge in [-0.1, -0.05) is 0 Å². The number of hydrogen-bond donors (Lipinski definition) is 1. The van der Waals surface area contributed by atoms with E-state index in [0.29, 0.717) is 5.56 Å². The first kappa shape index (κ1) is 13.1. The Balaban J connectivity index is 3.05. The van der Waals surface area contributed by atoms with Crippen LogP contribution in [-0.4, -0.2) is 17.7 Å². The highest BCUT2D eigenvalue weighted by Crippen LogP contribution is 2.24. The molecule has 3 nitrogen and oxygen atoms in total. The minimum absolute atomic E-state index is 0.284. The fraction of sp³-hybridized carbons (Fsp3) is 0.182. The topological polar surface area (TPSA) is 46.5 Å². The Bertz CT molecular complexity index is 456. The molecular weight excluding hydrogens is 237 g/mol. The van der Waals surface area contributed by atoms with Crippen LogP contribution in [0.4, 0.5) is 13.2 Å². The number of carboxylic acid groups (broad SMARTS) is 1. The Morgan fingerprint density at radius 1 is 1.47 bits per heavy atom. The molecule has 0 amide bonds. The number of aryl methyl sites for hydroxylation is 1. The van der Waals surface area contributed by atoms with Crippen molar-refractivity contribution in [3.8, 4) is 5.75 Å². The molecule has 0 fully saturated rings. The average molecular weight is 246 g/mol. The minimum Gasteiger partial charge on any atom is -0.478 e. The van der Waals surface area contributed by atoms with Gasteiger partial charge in [0.2, 0.25) is 0 Å². The summed E-state index contributed by atoms with van der Waals surface area (Å²) < 4.78 is 41.0. The van der Waals surface area contributed by atoms with E-state index in [1.165, 1.54) is 13.0 Å². The molecule has 0 aromatic heterocycles. The first-order valence-electron chi connectivity index (χ1n) is 4.56. The van der Waals surface area contributed by atoms with Crippen molar-refractivity contribution in [2.24, 2.45) is 0 Å². The molecule has 0 atom stereocenters. The highest BCUT2D eigenvalue weighted by atomic mass is 19.3. The molecular formula is C11H9F3O3. The van der Waals surface area contributed by atoms with Gasteiger partial charge in [0.1, 0.15) is 0 Å². The lowest BCUT2D eigenvalue weighted by Gasteiger charge is -2.08. The summed E-state index contributed by atoms with van der Waals surface area (Å²) in [6.45, 7) is -1.58. The first-order chi connectivity index (χ1) is 7.90. The van der Waals surface area contributed by atoms with Gasteiger partial charge in [0, 0.05) is 6.08 Å². The second kappa shape index (κ2) is 5.38. The molecule has 0 aliphatic carbocycles. The number of benzene rings is 1. The van der Waals surface area contributed by atoms with Crippen LogP contribution < -0.4 is 4.74 Å².